The average Bonchev–Trinajstić information content (AvgIpc) is 2.25. The zero-order chi connectivity index (χ0) is 4.20. The molecule has 34 valence electrons. The van der Waals surface area contributed by atoms with Crippen molar-refractivity contribution >= 4 is 0 Å². The smallest absolute Gasteiger partial charge is 0.0268 e. The van der Waals surface area contributed by atoms with E-state index in [4.69, 9.17) is 0 Å². The summed E-state index contributed by atoms with van der Waals surface area (Å²) >= 11 is 0. The van der Waals surface area contributed by atoms with Crippen LogP contribution in [0.25, 0.3) is 0 Å². The van der Waals surface area contributed by atoms with E-state index in [1.165, 1.54) is 0 Å². The Morgan fingerprint density at radius 2 is 2.00 bits per heavy atom. The molecule has 0 radical (unpaired) electrons. The molecule has 0 aromatic heterocycles. The van der Waals surface area contributed by atoms with E-state index in [1.807, 2.05) is 0 Å². The standard InChI is InChI=1S/C6H10/c1-5-4-6(5)2-3-6/h5H,2-4H2,1H3. The van der Waals surface area contributed by atoms with Crippen LogP contribution in [0.4, 0.5) is 0 Å². The van der Waals surface area contributed by atoms with Gasteiger partial charge in [-0.2, -0.15) is 0 Å². The van der Waals surface area contributed by atoms with Gasteiger partial charge in [-0.3, -0.25) is 0 Å². The largest absolute Gasteiger partial charge is 0.0620 e. The van der Waals surface area contributed by atoms with Crippen molar-refractivity contribution in [1.82, 2.24) is 0 Å². The van der Waals surface area contributed by atoms with Crippen molar-refractivity contribution < 1.29 is 0 Å². The fourth-order valence-corrected chi connectivity index (χ4v) is 1.41. The molecule has 6 heavy (non-hydrogen) atoms. The first kappa shape index (κ1) is 3.06. The van der Waals surface area contributed by atoms with Gasteiger partial charge in [-0.1, -0.05) is 6.92 Å². The Morgan fingerprint density at radius 3 is 2.00 bits per heavy atom. The molecule has 0 heterocycles. The lowest BCUT2D eigenvalue weighted by Gasteiger charge is -1.71. The first-order valence-corrected chi connectivity index (χ1v) is 2.83. The predicted octanol–water partition coefficient (Wildman–Crippen LogP) is 1.81. The molecule has 0 nitrogen and oxygen atoms in total. The van der Waals surface area contributed by atoms with Gasteiger partial charge in [-0.05, 0) is 30.6 Å². The second-order valence-electron chi connectivity index (χ2n) is 2.97. The molecule has 2 aliphatic rings. The molecular weight excluding hydrogens is 72.1 g/mol. The van der Waals surface area contributed by atoms with Crippen molar-refractivity contribution in [3.63, 3.8) is 0 Å². The van der Waals surface area contributed by atoms with Crippen LogP contribution in [0.15, 0.2) is 0 Å². The Kier molecular flexibility index (Phi) is 0.283. The number of hydrogen-bond acceptors (Lipinski definition) is 0. The van der Waals surface area contributed by atoms with E-state index >= 15 is 0 Å². The lowest BCUT2D eigenvalue weighted by molar-refractivity contribution is 0.772. The van der Waals surface area contributed by atoms with E-state index in [2.05, 4.69) is 6.92 Å². The third-order valence-electron chi connectivity index (χ3n) is 2.49. The summed E-state index contributed by atoms with van der Waals surface area (Å²) in [6, 6.07) is 0. The zero-order valence-corrected chi connectivity index (χ0v) is 4.20. The molecule has 0 N–H and O–H groups in total. The molecule has 0 aromatic carbocycles. The van der Waals surface area contributed by atoms with Gasteiger partial charge < -0.3 is 0 Å². The maximum atomic E-state index is 2.37. The summed E-state index contributed by atoms with van der Waals surface area (Å²) in [4.78, 5) is 0. The maximum absolute atomic E-state index is 2.37. The fraction of sp³-hybridized carbons (Fsp3) is 1.00. The molecule has 0 amide bonds. The van der Waals surface area contributed by atoms with Gasteiger partial charge in [0.15, 0.2) is 0 Å². The summed E-state index contributed by atoms with van der Waals surface area (Å²) in [6.45, 7) is 2.37. The van der Waals surface area contributed by atoms with Crippen molar-refractivity contribution in [3.8, 4) is 0 Å². The minimum atomic E-state index is 0.958. The lowest BCUT2D eigenvalue weighted by atomic mass is 10.3. The highest BCUT2D eigenvalue weighted by Crippen LogP contribution is 2.70. The van der Waals surface area contributed by atoms with Crippen LogP contribution >= 0.6 is 0 Å². The molecule has 2 saturated carbocycles. The highest BCUT2D eigenvalue weighted by Gasteiger charge is 2.59. The first-order valence-electron chi connectivity index (χ1n) is 2.83. The van der Waals surface area contributed by atoms with Gasteiger partial charge in [0.2, 0.25) is 0 Å². The van der Waals surface area contributed by atoms with Crippen molar-refractivity contribution in [2.45, 2.75) is 26.2 Å². The van der Waals surface area contributed by atoms with Gasteiger partial charge in [0.1, 0.15) is 0 Å². The van der Waals surface area contributed by atoms with Crippen LogP contribution in [0.2, 0.25) is 0 Å². The summed E-state index contributed by atoms with van der Waals surface area (Å²) in [5, 5.41) is 0. The third-order valence-corrected chi connectivity index (χ3v) is 2.49. The van der Waals surface area contributed by atoms with Crippen LogP contribution in [0, 0.1) is 11.3 Å². The molecule has 0 heteroatoms. The lowest BCUT2D eigenvalue weighted by Crippen LogP contribution is -1.64. The Morgan fingerprint density at radius 1 is 1.50 bits per heavy atom. The molecule has 1 atom stereocenters. The highest BCUT2D eigenvalue weighted by atomic mass is 14.6. The maximum Gasteiger partial charge on any atom is -0.0268 e. The molecule has 0 aliphatic heterocycles. The third kappa shape index (κ3) is 0.184. The molecular formula is C6H10. The molecule has 0 saturated heterocycles. The summed E-state index contributed by atoms with van der Waals surface area (Å²) in [6.07, 6.45) is 4.65. The average molecular weight is 82.1 g/mol. The Bertz CT molecular complexity index is 80.0. The molecule has 2 fully saturated rings. The normalized spacial score (nSPS) is 46.5. The summed E-state index contributed by atoms with van der Waals surface area (Å²) in [5.41, 5.74) is 0.958. The van der Waals surface area contributed by atoms with Gasteiger partial charge in [0, 0.05) is 0 Å². The van der Waals surface area contributed by atoms with Crippen molar-refractivity contribution in [2.24, 2.45) is 11.3 Å². The monoisotopic (exact) mass is 82.1 g/mol. The van der Waals surface area contributed by atoms with Gasteiger partial charge in [0.25, 0.3) is 0 Å². The minimum Gasteiger partial charge on any atom is -0.0620 e. The van der Waals surface area contributed by atoms with Gasteiger partial charge in [-0.25, -0.2) is 0 Å². The molecule has 2 aliphatic carbocycles. The van der Waals surface area contributed by atoms with Crippen molar-refractivity contribution in [1.29, 1.82) is 0 Å². The predicted molar refractivity (Wildman–Crippen MR) is 25.4 cm³/mol. The van der Waals surface area contributed by atoms with Crippen molar-refractivity contribution in [3.05, 3.63) is 0 Å². The van der Waals surface area contributed by atoms with E-state index in [9.17, 15) is 0 Å². The molecule has 2 rings (SSSR count). The van der Waals surface area contributed by atoms with Gasteiger partial charge >= 0.3 is 0 Å². The summed E-state index contributed by atoms with van der Waals surface area (Å²) in [7, 11) is 0. The van der Waals surface area contributed by atoms with Crippen LogP contribution in [0.1, 0.15) is 26.2 Å². The van der Waals surface area contributed by atoms with Gasteiger partial charge in [-0.15, -0.1) is 0 Å². The number of rotatable bonds is 0. The van der Waals surface area contributed by atoms with Crippen LogP contribution in [0.5, 0.6) is 0 Å². The molecule has 1 unspecified atom stereocenters. The summed E-state index contributed by atoms with van der Waals surface area (Å²) in [5.74, 6) is 1.11. The van der Waals surface area contributed by atoms with Crippen LogP contribution in [0.3, 0.4) is 0 Å². The van der Waals surface area contributed by atoms with Gasteiger partial charge in [0.05, 0.1) is 0 Å². The van der Waals surface area contributed by atoms with E-state index in [1.54, 1.807) is 19.3 Å². The minimum absolute atomic E-state index is 0.958. The Hall–Kier alpha value is 0. The highest BCUT2D eigenvalue weighted by molar-refractivity contribution is 5.10. The van der Waals surface area contributed by atoms with E-state index < -0.39 is 0 Å². The Balaban J connectivity index is 2.17. The molecule has 1 spiro atoms. The summed E-state index contributed by atoms with van der Waals surface area (Å²) < 4.78 is 0. The zero-order valence-electron chi connectivity index (χ0n) is 4.20. The van der Waals surface area contributed by atoms with Crippen LogP contribution in [-0.2, 0) is 0 Å². The van der Waals surface area contributed by atoms with E-state index in [-0.39, 0.29) is 0 Å². The first-order chi connectivity index (χ1) is 2.83. The fourth-order valence-electron chi connectivity index (χ4n) is 1.41. The Labute approximate surface area is 38.6 Å². The SMILES string of the molecule is CC1CC12CC2. The van der Waals surface area contributed by atoms with Crippen molar-refractivity contribution in [2.75, 3.05) is 0 Å². The van der Waals surface area contributed by atoms with Crippen LogP contribution < -0.4 is 0 Å². The molecule has 0 aromatic rings. The molecule has 0 bridgehead atoms. The quantitative estimate of drug-likeness (QED) is 0.418. The van der Waals surface area contributed by atoms with Crippen LogP contribution in [-0.4, -0.2) is 0 Å². The van der Waals surface area contributed by atoms with E-state index in [0.717, 1.165) is 11.3 Å². The number of hydrogen-bond donors (Lipinski definition) is 0. The van der Waals surface area contributed by atoms with E-state index in [0.29, 0.717) is 0 Å². The second-order valence-corrected chi connectivity index (χ2v) is 2.97. The topological polar surface area (TPSA) is 0 Å². The second kappa shape index (κ2) is 0.556.